The largest absolute Gasteiger partial charge is 0.462 e. The second-order valence-corrected chi connectivity index (χ2v) is 15.8. The fraction of sp³-hybridized carbons (Fsp3) is 0.933. The van der Waals surface area contributed by atoms with E-state index in [1.54, 1.807) is 0 Å². The van der Waals surface area contributed by atoms with Crippen LogP contribution in [0.2, 0.25) is 0 Å². The maximum Gasteiger partial charge on any atom is 0.306 e. The van der Waals surface area contributed by atoms with Gasteiger partial charge in [0.2, 0.25) is 0 Å². The third-order valence-electron chi connectivity index (χ3n) is 10.0. The molecule has 0 aromatic heterocycles. The Balaban J connectivity index is 4.31. The summed E-state index contributed by atoms with van der Waals surface area (Å²) in [6.45, 7) is 8.96. The van der Waals surface area contributed by atoms with E-state index >= 15 is 0 Å². The van der Waals surface area contributed by atoms with Crippen LogP contribution in [0, 0.1) is 5.92 Å². The summed E-state index contributed by atoms with van der Waals surface area (Å²) >= 11 is 0. The zero-order valence-electron chi connectivity index (χ0n) is 34.6. The van der Waals surface area contributed by atoms with Gasteiger partial charge >= 0.3 is 17.9 Å². The number of carbonyl (C=O) groups excluding carboxylic acids is 3. The van der Waals surface area contributed by atoms with Gasteiger partial charge in [0.15, 0.2) is 6.10 Å². The first kappa shape index (κ1) is 49.4. The average Bonchev–Trinajstić information content (AvgIpc) is 3.11. The molecule has 0 amide bonds. The lowest BCUT2D eigenvalue weighted by Gasteiger charge is -2.18. The minimum atomic E-state index is -0.758. The van der Waals surface area contributed by atoms with Crippen LogP contribution in [0.1, 0.15) is 246 Å². The summed E-state index contributed by atoms with van der Waals surface area (Å²) in [6, 6.07) is 0. The van der Waals surface area contributed by atoms with Crippen LogP contribution in [-0.4, -0.2) is 37.2 Å². The number of ether oxygens (including phenoxy) is 3. The van der Waals surface area contributed by atoms with Gasteiger partial charge in [0.1, 0.15) is 13.2 Å². The van der Waals surface area contributed by atoms with Gasteiger partial charge in [-0.1, -0.05) is 207 Å². The Morgan fingerprint density at radius 1 is 0.373 bits per heavy atom. The van der Waals surface area contributed by atoms with Crippen LogP contribution in [0.5, 0.6) is 0 Å². The second-order valence-electron chi connectivity index (χ2n) is 15.8. The zero-order chi connectivity index (χ0) is 37.5. The van der Waals surface area contributed by atoms with Gasteiger partial charge < -0.3 is 14.2 Å². The van der Waals surface area contributed by atoms with Crippen LogP contribution in [0.15, 0.2) is 0 Å². The van der Waals surface area contributed by atoms with Crippen LogP contribution >= 0.6 is 0 Å². The van der Waals surface area contributed by atoms with Crippen molar-refractivity contribution >= 4 is 17.9 Å². The molecule has 0 fully saturated rings. The van der Waals surface area contributed by atoms with Crippen LogP contribution in [0.4, 0.5) is 0 Å². The normalized spacial score (nSPS) is 11.9. The number of hydrogen-bond acceptors (Lipinski definition) is 6. The average molecular weight is 723 g/mol. The summed E-state index contributed by atoms with van der Waals surface area (Å²) in [5, 5.41) is 0. The van der Waals surface area contributed by atoms with Gasteiger partial charge in [-0.05, 0) is 25.2 Å². The SMILES string of the molecule is CCCCCCCCCCCCC(=O)OC[C@@H](COC(=O)CCCCCCCCCCC)OC(=O)CCCCCCCCCCCCCC(C)C. The van der Waals surface area contributed by atoms with Crippen LogP contribution < -0.4 is 0 Å². The number of carbonyl (C=O) groups is 3. The number of unbranched alkanes of at least 4 members (excludes halogenated alkanes) is 27. The Hall–Kier alpha value is -1.59. The highest BCUT2D eigenvalue weighted by Gasteiger charge is 2.19. The third-order valence-corrected chi connectivity index (χ3v) is 10.0. The van der Waals surface area contributed by atoms with Crippen molar-refractivity contribution in [3.63, 3.8) is 0 Å². The van der Waals surface area contributed by atoms with E-state index in [0.717, 1.165) is 63.7 Å². The highest BCUT2D eigenvalue weighted by atomic mass is 16.6. The number of esters is 3. The van der Waals surface area contributed by atoms with Crippen molar-refractivity contribution in [1.82, 2.24) is 0 Å². The summed E-state index contributed by atoms with van der Waals surface area (Å²) in [5.74, 6) is -0.0339. The van der Waals surface area contributed by atoms with Crippen molar-refractivity contribution < 1.29 is 28.6 Å². The lowest BCUT2D eigenvalue weighted by Crippen LogP contribution is -2.30. The molecule has 0 aromatic rings. The lowest BCUT2D eigenvalue weighted by atomic mass is 10.0. The Morgan fingerprint density at radius 2 is 0.647 bits per heavy atom. The van der Waals surface area contributed by atoms with Gasteiger partial charge in [0, 0.05) is 19.3 Å². The van der Waals surface area contributed by atoms with E-state index in [1.807, 2.05) is 0 Å². The molecule has 0 unspecified atom stereocenters. The molecular formula is C45H86O6. The summed E-state index contributed by atoms with van der Waals surface area (Å²) in [5.41, 5.74) is 0. The van der Waals surface area contributed by atoms with Crippen molar-refractivity contribution in [2.45, 2.75) is 252 Å². The maximum absolute atomic E-state index is 12.7. The van der Waals surface area contributed by atoms with E-state index < -0.39 is 6.10 Å². The monoisotopic (exact) mass is 723 g/mol. The first-order chi connectivity index (χ1) is 24.9. The second kappa shape index (κ2) is 39.6. The molecule has 51 heavy (non-hydrogen) atoms. The minimum absolute atomic E-state index is 0.0641. The minimum Gasteiger partial charge on any atom is -0.462 e. The molecular weight excluding hydrogens is 636 g/mol. The molecule has 6 nitrogen and oxygen atoms in total. The molecule has 0 bridgehead atoms. The number of hydrogen-bond donors (Lipinski definition) is 0. The van der Waals surface area contributed by atoms with E-state index in [-0.39, 0.29) is 31.1 Å². The van der Waals surface area contributed by atoms with Crippen molar-refractivity contribution in [1.29, 1.82) is 0 Å². The zero-order valence-corrected chi connectivity index (χ0v) is 34.6. The summed E-state index contributed by atoms with van der Waals surface area (Å²) < 4.78 is 16.7. The molecule has 1 atom stereocenters. The van der Waals surface area contributed by atoms with Gasteiger partial charge in [0.05, 0.1) is 0 Å². The highest BCUT2D eigenvalue weighted by molar-refractivity contribution is 5.71. The molecule has 0 aliphatic carbocycles. The van der Waals surface area contributed by atoms with E-state index in [2.05, 4.69) is 27.7 Å². The Morgan fingerprint density at radius 3 is 0.961 bits per heavy atom. The fourth-order valence-corrected chi connectivity index (χ4v) is 6.63. The van der Waals surface area contributed by atoms with Gasteiger partial charge in [-0.3, -0.25) is 14.4 Å². The van der Waals surface area contributed by atoms with Gasteiger partial charge in [-0.2, -0.15) is 0 Å². The van der Waals surface area contributed by atoms with Crippen molar-refractivity contribution in [3.05, 3.63) is 0 Å². The maximum atomic E-state index is 12.7. The molecule has 0 aliphatic rings. The molecule has 0 aliphatic heterocycles. The van der Waals surface area contributed by atoms with Crippen molar-refractivity contribution in [2.24, 2.45) is 5.92 Å². The van der Waals surface area contributed by atoms with Crippen molar-refractivity contribution in [3.8, 4) is 0 Å². The Kier molecular flexibility index (Phi) is 38.4. The summed E-state index contributed by atoms with van der Waals surface area (Å²) in [7, 11) is 0. The molecule has 0 radical (unpaired) electrons. The molecule has 6 heteroatoms. The van der Waals surface area contributed by atoms with E-state index in [9.17, 15) is 14.4 Å². The standard InChI is InChI=1S/C45H86O6/c1-5-7-9-11-13-15-21-25-29-33-37-44(47)50-40-42(39-49-43(46)36-32-28-24-19-14-12-10-8-6-2)51-45(48)38-34-30-26-22-18-16-17-20-23-27-31-35-41(3)4/h41-42H,5-40H2,1-4H3/t42-/m1/s1. The van der Waals surface area contributed by atoms with E-state index in [0.29, 0.717) is 19.3 Å². The molecule has 0 N–H and O–H groups in total. The predicted molar refractivity (Wildman–Crippen MR) is 215 cm³/mol. The Bertz CT molecular complexity index is 766. The smallest absolute Gasteiger partial charge is 0.306 e. The van der Waals surface area contributed by atoms with Gasteiger partial charge in [-0.15, -0.1) is 0 Å². The third kappa shape index (κ3) is 39.5. The predicted octanol–water partition coefficient (Wildman–Crippen LogP) is 13.9. The van der Waals surface area contributed by atoms with Crippen LogP contribution in [0.3, 0.4) is 0 Å². The van der Waals surface area contributed by atoms with Gasteiger partial charge in [0.25, 0.3) is 0 Å². The first-order valence-corrected chi connectivity index (χ1v) is 22.4. The molecule has 0 saturated carbocycles. The first-order valence-electron chi connectivity index (χ1n) is 22.4. The highest BCUT2D eigenvalue weighted by Crippen LogP contribution is 2.16. The van der Waals surface area contributed by atoms with Crippen LogP contribution in [-0.2, 0) is 28.6 Å². The summed E-state index contributed by atoms with van der Waals surface area (Å²) in [6.07, 6.45) is 38.0. The molecule has 302 valence electrons. The fourth-order valence-electron chi connectivity index (χ4n) is 6.63. The van der Waals surface area contributed by atoms with Crippen molar-refractivity contribution in [2.75, 3.05) is 13.2 Å². The molecule has 0 rings (SSSR count). The van der Waals surface area contributed by atoms with Crippen LogP contribution in [0.25, 0.3) is 0 Å². The van der Waals surface area contributed by atoms with E-state index in [4.69, 9.17) is 14.2 Å². The van der Waals surface area contributed by atoms with E-state index in [1.165, 1.54) is 141 Å². The molecule has 0 aromatic carbocycles. The molecule has 0 heterocycles. The lowest BCUT2D eigenvalue weighted by molar-refractivity contribution is -0.167. The molecule has 0 spiro atoms. The van der Waals surface area contributed by atoms with Gasteiger partial charge in [-0.25, -0.2) is 0 Å². The topological polar surface area (TPSA) is 78.9 Å². The summed E-state index contributed by atoms with van der Waals surface area (Å²) in [4.78, 5) is 37.6. The molecule has 0 saturated heterocycles. The number of rotatable bonds is 40. The Labute approximate surface area is 317 Å². The quantitative estimate of drug-likeness (QED) is 0.0356.